The van der Waals surface area contributed by atoms with Crippen LogP contribution in [0.1, 0.15) is 38.8 Å². The minimum Gasteiger partial charge on any atom is -0.480 e. The highest BCUT2D eigenvalue weighted by molar-refractivity contribution is 6.32. The van der Waals surface area contributed by atoms with Crippen LogP contribution in [0.15, 0.2) is 12.1 Å². The number of esters is 1. The predicted molar refractivity (Wildman–Crippen MR) is 77.0 cm³/mol. The van der Waals surface area contributed by atoms with Crippen molar-refractivity contribution in [3.63, 3.8) is 0 Å². The van der Waals surface area contributed by atoms with Crippen LogP contribution >= 0.6 is 11.6 Å². The van der Waals surface area contributed by atoms with E-state index >= 15 is 0 Å². The summed E-state index contributed by atoms with van der Waals surface area (Å²) < 4.78 is 19.1. The van der Waals surface area contributed by atoms with Crippen LogP contribution in [0.2, 0.25) is 5.02 Å². The lowest BCUT2D eigenvalue weighted by atomic mass is 9.81. The number of aliphatic carboxylic acids is 1. The number of carbonyl (C=O) groups excluding carboxylic acids is 1. The summed E-state index contributed by atoms with van der Waals surface area (Å²) in [4.78, 5) is 23.9. The highest BCUT2D eigenvalue weighted by Crippen LogP contribution is 2.35. The van der Waals surface area contributed by atoms with E-state index in [-0.39, 0.29) is 11.1 Å². The van der Waals surface area contributed by atoms with Crippen molar-refractivity contribution in [2.24, 2.45) is 0 Å². The molecule has 0 spiro atoms. The molecule has 1 unspecified atom stereocenters. The number of ether oxygens (including phenoxy) is 1. The van der Waals surface area contributed by atoms with Crippen molar-refractivity contribution in [2.45, 2.75) is 38.7 Å². The van der Waals surface area contributed by atoms with Gasteiger partial charge < -0.3 is 9.84 Å². The number of hydrogen-bond donors (Lipinski definition) is 1. The number of carboxylic acid groups (broad SMARTS) is 1. The van der Waals surface area contributed by atoms with Crippen molar-refractivity contribution in [1.82, 2.24) is 0 Å². The summed E-state index contributed by atoms with van der Waals surface area (Å²) in [6, 6.07) is 3.80. The summed E-state index contributed by atoms with van der Waals surface area (Å²) in [5.41, 5.74) is -3.73. The van der Waals surface area contributed by atoms with Crippen molar-refractivity contribution >= 4 is 23.5 Å². The topological polar surface area (TPSA) is 87.4 Å². The maximum atomic E-state index is 14.0. The molecule has 1 N–H and O–H groups in total. The third-order valence-electron chi connectivity index (χ3n) is 2.98. The Bertz CT molecular complexity index is 675. The highest BCUT2D eigenvalue weighted by atomic mass is 35.5. The second-order valence-corrected chi connectivity index (χ2v) is 6.21. The van der Waals surface area contributed by atoms with Crippen molar-refractivity contribution in [3.05, 3.63) is 34.1 Å². The van der Waals surface area contributed by atoms with Crippen LogP contribution in [0.5, 0.6) is 0 Å². The molecule has 0 bridgehead atoms. The number of carbonyl (C=O) groups is 2. The summed E-state index contributed by atoms with van der Waals surface area (Å²) >= 11 is 5.82. The molecule has 0 saturated carbocycles. The third kappa shape index (κ3) is 3.20. The average molecular weight is 328 g/mol. The molecule has 0 aliphatic carbocycles. The Kier molecular flexibility index (Phi) is 4.83. The molecule has 0 amide bonds. The largest absolute Gasteiger partial charge is 0.480 e. The minimum absolute atomic E-state index is 0.271. The standard InChI is InChI=1S/C15H15ClFNO4/c1-14(2,3)22-13(21)15(4,12(19)20)9-6-5-8(7-18)11(17)10(9)16/h5-6H,1-4H3,(H,19,20). The molecule has 118 valence electrons. The first kappa shape index (κ1) is 17.9. The average Bonchev–Trinajstić information content (AvgIpc) is 2.38. The molecular weight excluding hydrogens is 313 g/mol. The van der Waals surface area contributed by atoms with Gasteiger partial charge in [0.15, 0.2) is 11.2 Å². The van der Waals surface area contributed by atoms with Gasteiger partial charge in [-0.25, -0.2) is 4.39 Å². The molecule has 1 rings (SSSR count). The van der Waals surface area contributed by atoms with E-state index in [0.29, 0.717) is 0 Å². The number of rotatable bonds is 3. The van der Waals surface area contributed by atoms with Crippen LogP contribution in [-0.4, -0.2) is 22.6 Å². The first-order chi connectivity index (χ1) is 9.95. The molecule has 5 nitrogen and oxygen atoms in total. The van der Waals surface area contributed by atoms with Crippen LogP contribution in [-0.2, 0) is 19.7 Å². The molecule has 1 aromatic rings. The van der Waals surface area contributed by atoms with Gasteiger partial charge in [-0.05, 0) is 33.8 Å². The SMILES string of the molecule is CC(C)(C)OC(=O)C(C)(C(=O)O)c1ccc(C#N)c(F)c1Cl. The number of carboxylic acids is 1. The van der Waals surface area contributed by atoms with Gasteiger partial charge in [0.1, 0.15) is 11.7 Å². The molecular formula is C15H15ClFNO4. The molecule has 0 aliphatic heterocycles. The van der Waals surface area contributed by atoms with Crippen molar-refractivity contribution in [1.29, 1.82) is 5.26 Å². The zero-order valence-electron chi connectivity index (χ0n) is 12.5. The normalized spacial score (nSPS) is 13.9. The fraction of sp³-hybridized carbons (Fsp3) is 0.400. The Morgan fingerprint density at radius 1 is 1.32 bits per heavy atom. The summed E-state index contributed by atoms with van der Waals surface area (Å²) in [6.45, 7) is 5.81. The lowest BCUT2D eigenvalue weighted by Gasteiger charge is -2.29. The van der Waals surface area contributed by atoms with E-state index < -0.39 is 33.8 Å². The Morgan fingerprint density at radius 3 is 2.27 bits per heavy atom. The molecule has 0 saturated heterocycles. The van der Waals surface area contributed by atoms with Crippen LogP contribution in [0.4, 0.5) is 4.39 Å². The second-order valence-electron chi connectivity index (χ2n) is 5.83. The van der Waals surface area contributed by atoms with Crippen LogP contribution in [0, 0.1) is 17.1 Å². The summed E-state index contributed by atoms with van der Waals surface area (Å²) in [5, 5.41) is 17.6. The van der Waals surface area contributed by atoms with E-state index in [1.807, 2.05) is 0 Å². The second kappa shape index (κ2) is 5.93. The molecule has 0 radical (unpaired) electrons. The zero-order valence-corrected chi connectivity index (χ0v) is 13.3. The van der Waals surface area contributed by atoms with Gasteiger partial charge in [0, 0.05) is 5.56 Å². The number of hydrogen-bond acceptors (Lipinski definition) is 4. The van der Waals surface area contributed by atoms with E-state index in [2.05, 4.69) is 0 Å². The first-order valence-corrected chi connectivity index (χ1v) is 6.68. The van der Waals surface area contributed by atoms with E-state index in [0.717, 1.165) is 19.1 Å². The number of nitrogens with zero attached hydrogens (tertiary/aromatic N) is 1. The summed E-state index contributed by atoms with van der Waals surface area (Å²) in [6.07, 6.45) is 0. The number of nitriles is 1. The highest BCUT2D eigenvalue weighted by Gasteiger charge is 2.48. The van der Waals surface area contributed by atoms with E-state index in [9.17, 15) is 19.1 Å². The van der Waals surface area contributed by atoms with Gasteiger partial charge in [-0.1, -0.05) is 17.7 Å². The summed E-state index contributed by atoms with van der Waals surface area (Å²) in [5.74, 6) is -3.68. The fourth-order valence-corrected chi connectivity index (χ4v) is 2.07. The van der Waals surface area contributed by atoms with Gasteiger partial charge in [-0.2, -0.15) is 5.26 Å². The maximum Gasteiger partial charge on any atom is 0.328 e. The molecule has 1 aromatic carbocycles. The van der Waals surface area contributed by atoms with Gasteiger partial charge in [-0.3, -0.25) is 9.59 Å². The Labute approximate surface area is 132 Å². The molecule has 1 atom stereocenters. The molecule has 0 aromatic heterocycles. The van der Waals surface area contributed by atoms with E-state index in [1.54, 1.807) is 26.8 Å². The lowest BCUT2D eigenvalue weighted by molar-refractivity contribution is -0.168. The third-order valence-corrected chi connectivity index (χ3v) is 3.35. The van der Waals surface area contributed by atoms with Crippen molar-refractivity contribution in [2.75, 3.05) is 0 Å². The zero-order chi connectivity index (χ0) is 17.3. The number of benzene rings is 1. The molecule has 22 heavy (non-hydrogen) atoms. The fourth-order valence-electron chi connectivity index (χ4n) is 1.71. The predicted octanol–water partition coefficient (Wildman–Crippen LogP) is 3.03. The van der Waals surface area contributed by atoms with Crippen molar-refractivity contribution < 1.29 is 23.8 Å². The van der Waals surface area contributed by atoms with Gasteiger partial charge in [-0.15, -0.1) is 0 Å². The van der Waals surface area contributed by atoms with Crippen LogP contribution in [0.25, 0.3) is 0 Å². The Morgan fingerprint density at radius 2 is 1.86 bits per heavy atom. The maximum absolute atomic E-state index is 14.0. The Hall–Kier alpha value is -2.13. The first-order valence-electron chi connectivity index (χ1n) is 6.30. The Balaban J connectivity index is 3.52. The van der Waals surface area contributed by atoms with Gasteiger partial charge in [0.05, 0.1) is 10.6 Å². The monoisotopic (exact) mass is 327 g/mol. The minimum atomic E-state index is -2.20. The van der Waals surface area contributed by atoms with Crippen LogP contribution in [0.3, 0.4) is 0 Å². The van der Waals surface area contributed by atoms with Crippen molar-refractivity contribution in [3.8, 4) is 6.07 Å². The van der Waals surface area contributed by atoms with E-state index in [1.165, 1.54) is 0 Å². The lowest BCUT2D eigenvalue weighted by Crippen LogP contribution is -2.45. The molecule has 7 heteroatoms. The van der Waals surface area contributed by atoms with Gasteiger partial charge in [0.2, 0.25) is 0 Å². The van der Waals surface area contributed by atoms with E-state index in [4.69, 9.17) is 21.6 Å². The molecule has 0 aliphatic rings. The quantitative estimate of drug-likeness (QED) is 0.681. The molecule has 0 heterocycles. The summed E-state index contributed by atoms with van der Waals surface area (Å²) in [7, 11) is 0. The van der Waals surface area contributed by atoms with Crippen LogP contribution < -0.4 is 0 Å². The smallest absolute Gasteiger partial charge is 0.328 e. The number of halogens is 2. The molecule has 0 fully saturated rings. The van der Waals surface area contributed by atoms with Gasteiger partial charge >= 0.3 is 11.9 Å². The van der Waals surface area contributed by atoms with Gasteiger partial charge in [0.25, 0.3) is 0 Å².